The van der Waals surface area contributed by atoms with Crippen molar-refractivity contribution in [1.29, 1.82) is 0 Å². The van der Waals surface area contributed by atoms with E-state index >= 15 is 0 Å². The fourth-order valence-corrected chi connectivity index (χ4v) is 3.75. The lowest BCUT2D eigenvalue weighted by molar-refractivity contribution is -0.147. The number of hydrogen-bond donors (Lipinski definition) is 0. The molecule has 0 fully saturated rings. The normalized spacial score (nSPS) is 13.5. The molecule has 0 unspecified atom stereocenters. The van der Waals surface area contributed by atoms with E-state index in [1.54, 1.807) is 36.7 Å². The van der Waals surface area contributed by atoms with Gasteiger partial charge in [0.25, 0.3) is 0 Å². The first-order valence-corrected chi connectivity index (χ1v) is 13.0. The maximum Gasteiger partial charge on any atom is 0.348 e. The summed E-state index contributed by atoms with van der Waals surface area (Å²) in [5.41, 5.74) is 0.468. The third-order valence-electron chi connectivity index (χ3n) is 6.23. The zero-order valence-electron chi connectivity index (χ0n) is 21.9. The van der Waals surface area contributed by atoms with Crippen molar-refractivity contribution in [2.45, 2.75) is 77.6 Å². The summed E-state index contributed by atoms with van der Waals surface area (Å²) in [6, 6.07) is 14.2. The van der Waals surface area contributed by atoms with Crippen molar-refractivity contribution >= 4 is 5.97 Å². The summed E-state index contributed by atoms with van der Waals surface area (Å²) in [5, 5.41) is 0. The SMILES string of the molecule is CCCCCC[C@](C)(F)C(=O)Oc1ccc(-c2cnc(-c3ccc(OCC[C@@H](F)CC)cc3)nc2)cc1. The van der Waals surface area contributed by atoms with Gasteiger partial charge < -0.3 is 9.47 Å². The summed E-state index contributed by atoms with van der Waals surface area (Å²) in [7, 11) is 0. The molecule has 0 amide bonds. The van der Waals surface area contributed by atoms with Crippen molar-refractivity contribution in [2.24, 2.45) is 0 Å². The number of alkyl halides is 2. The van der Waals surface area contributed by atoms with Crippen molar-refractivity contribution in [3.05, 3.63) is 60.9 Å². The van der Waals surface area contributed by atoms with Gasteiger partial charge >= 0.3 is 5.97 Å². The highest BCUT2D eigenvalue weighted by molar-refractivity contribution is 5.81. The summed E-state index contributed by atoms with van der Waals surface area (Å²) in [6.45, 7) is 5.52. The molecule has 0 saturated carbocycles. The number of aromatic nitrogens is 2. The first-order valence-electron chi connectivity index (χ1n) is 13.0. The van der Waals surface area contributed by atoms with Crippen molar-refractivity contribution in [2.75, 3.05) is 6.61 Å². The molecule has 0 N–H and O–H groups in total. The number of carbonyl (C=O) groups is 1. The molecule has 7 heteroatoms. The number of esters is 1. The lowest BCUT2D eigenvalue weighted by Gasteiger charge is -2.18. The molecule has 1 heterocycles. The molecule has 0 saturated heterocycles. The van der Waals surface area contributed by atoms with Gasteiger partial charge in [-0.3, -0.25) is 0 Å². The van der Waals surface area contributed by atoms with Crippen LogP contribution < -0.4 is 9.47 Å². The number of benzene rings is 2. The number of halogens is 2. The maximum absolute atomic E-state index is 14.7. The molecule has 1 aromatic heterocycles. The van der Waals surface area contributed by atoms with Gasteiger partial charge in [0.2, 0.25) is 5.67 Å². The van der Waals surface area contributed by atoms with Crippen LogP contribution in [0, 0.1) is 0 Å². The Bertz CT molecular complexity index is 1100. The topological polar surface area (TPSA) is 61.3 Å². The predicted octanol–water partition coefficient (Wildman–Crippen LogP) is 7.93. The van der Waals surface area contributed by atoms with Crippen molar-refractivity contribution in [1.82, 2.24) is 9.97 Å². The molecule has 0 aliphatic heterocycles. The Balaban J connectivity index is 1.55. The van der Waals surface area contributed by atoms with Crippen molar-refractivity contribution < 1.29 is 23.0 Å². The van der Waals surface area contributed by atoms with Gasteiger partial charge in [-0.15, -0.1) is 0 Å². The molecule has 0 spiro atoms. The molecule has 5 nitrogen and oxygen atoms in total. The van der Waals surface area contributed by atoms with E-state index in [-0.39, 0.29) is 6.42 Å². The zero-order chi connectivity index (χ0) is 26.7. The van der Waals surface area contributed by atoms with E-state index < -0.39 is 17.8 Å². The van der Waals surface area contributed by atoms with E-state index in [4.69, 9.17) is 9.47 Å². The third-order valence-corrected chi connectivity index (χ3v) is 6.23. The second-order valence-corrected chi connectivity index (χ2v) is 9.38. The van der Waals surface area contributed by atoms with E-state index in [2.05, 4.69) is 16.9 Å². The fraction of sp³-hybridized carbons (Fsp3) is 0.433. The number of carbonyl (C=O) groups excluding carboxylic acids is 1. The van der Waals surface area contributed by atoms with Crippen LogP contribution in [0.15, 0.2) is 60.9 Å². The highest BCUT2D eigenvalue weighted by Gasteiger charge is 2.34. The Morgan fingerprint density at radius 3 is 2.14 bits per heavy atom. The van der Waals surface area contributed by atoms with Crippen LogP contribution in [0.3, 0.4) is 0 Å². The van der Waals surface area contributed by atoms with Crippen molar-refractivity contribution in [3.63, 3.8) is 0 Å². The summed E-state index contributed by atoms with van der Waals surface area (Å²) in [6.07, 6.45) is 7.26. The van der Waals surface area contributed by atoms with E-state index in [1.807, 2.05) is 31.2 Å². The van der Waals surface area contributed by atoms with E-state index in [9.17, 15) is 13.6 Å². The Kier molecular flexibility index (Phi) is 10.5. The molecule has 3 rings (SSSR count). The molecule has 3 aromatic rings. The molecule has 198 valence electrons. The van der Waals surface area contributed by atoms with E-state index in [0.29, 0.717) is 43.2 Å². The van der Waals surface area contributed by atoms with Gasteiger partial charge in [-0.25, -0.2) is 23.5 Å². The molecule has 2 aromatic carbocycles. The standard InChI is InChI=1S/C30H36F2N2O3/c1-4-6-7-8-18-30(3,32)29(35)37-27-15-9-22(10-16-27)24-20-33-28(34-21-24)23-11-13-26(14-12-23)36-19-17-25(31)5-2/h9-16,20-21,25H,4-8,17-19H2,1-3H3/t25-,30-/m0/s1. The summed E-state index contributed by atoms with van der Waals surface area (Å²) < 4.78 is 38.9. The molecular weight excluding hydrogens is 474 g/mol. The van der Waals surface area contributed by atoms with E-state index in [0.717, 1.165) is 36.0 Å². The first kappa shape index (κ1) is 28.2. The predicted molar refractivity (Wildman–Crippen MR) is 142 cm³/mol. The van der Waals surface area contributed by atoms with E-state index in [1.165, 1.54) is 6.92 Å². The molecule has 37 heavy (non-hydrogen) atoms. The average Bonchev–Trinajstić information content (AvgIpc) is 2.92. The van der Waals surface area contributed by atoms with Crippen LogP contribution in [0.4, 0.5) is 8.78 Å². The smallest absolute Gasteiger partial charge is 0.348 e. The molecule has 0 aliphatic carbocycles. The highest BCUT2D eigenvalue weighted by Crippen LogP contribution is 2.27. The second-order valence-electron chi connectivity index (χ2n) is 9.38. The fourth-order valence-electron chi connectivity index (χ4n) is 3.75. The Labute approximate surface area is 218 Å². The number of nitrogens with zero attached hydrogens (tertiary/aromatic N) is 2. The number of hydrogen-bond acceptors (Lipinski definition) is 5. The van der Waals surface area contributed by atoms with Gasteiger partial charge in [-0.2, -0.15) is 0 Å². The second kappa shape index (κ2) is 13.8. The van der Waals surface area contributed by atoms with Crippen LogP contribution in [0.5, 0.6) is 11.5 Å². The summed E-state index contributed by atoms with van der Waals surface area (Å²) in [5.74, 6) is 0.669. The van der Waals surface area contributed by atoms with Crippen LogP contribution in [0.1, 0.15) is 65.7 Å². The number of ether oxygens (including phenoxy) is 2. The lowest BCUT2D eigenvalue weighted by atomic mass is 10.00. The lowest BCUT2D eigenvalue weighted by Crippen LogP contribution is -2.34. The van der Waals surface area contributed by atoms with Gasteiger partial charge in [0.15, 0.2) is 5.82 Å². The van der Waals surface area contributed by atoms with Gasteiger partial charge in [0.1, 0.15) is 17.7 Å². The highest BCUT2D eigenvalue weighted by atomic mass is 19.1. The van der Waals surface area contributed by atoms with Gasteiger partial charge in [-0.05, 0) is 68.1 Å². The molecule has 2 atom stereocenters. The largest absolute Gasteiger partial charge is 0.493 e. The third kappa shape index (κ3) is 8.62. The minimum Gasteiger partial charge on any atom is -0.493 e. The maximum atomic E-state index is 14.7. The minimum absolute atomic E-state index is 0.155. The minimum atomic E-state index is -2.01. The van der Waals surface area contributed by atoms with Crippen LogP contribution in [-0.2, 0) is 4.79 Å². The van der Waals surface area contributed by atoms with Gasteiger partial charge in [0, 0.05) is 29.9 Å². The zero-order valence-corrected chi connectivity index (χ0v) is 21.9. The van der Waals surface area contributed by atoms with Gasteiger partial charge in [0.05, 0.1) is 6.61 Å². The molecule has 0 aliphatic rings. The van der Waals surface area contributed by atoms with Crippen molar-refractivity contribution in [3.8, 4) is 34.0 Å². The van der Waals surface area contributed by atoms with Gasteiger partial charge in [-0.1, -0.05) is 45.2 Å². The average molecular weight is 511 g/mol. The van der Waals surface area contributed by atoms with Crippen LogP contribution in [-0.4, -0.2) is 34.4 Å². The summed E-state index contributed by atoms with van der Waals surface area (Å²) in [4.78, 5) is 21.2. The monoisotopic (exact) mass is 510 g/mol. The van der Waals surface area contributed by atoms with Crippen LogP contribution in [0.25, 0.3) is 22.5 Å². The quantitative estimate of drug-likeness (QED) is 0.125. The summed E-state index contributed by atoms with van der Waals surface area (Å²) >= 11 is 0. The van der Waals surface area contributed by atoms with Crippen LogP contribution >= 0.6 is 0 Å². The van der Waals surface area contributed by atoms with Crippen LogP contribution in [0.2, 0.25) is 0 Å². The number of unbranched alkanes of at least 4 members (excludes halogenated alkanes) is 3. The molecule has 0 radical (unpaired) electrons. The molecule has 0 bridgehead atoms. The molecular formula is C30H36F2N2O3. The Hall–Kier alpha value is -3.35. The number of rotatable bonds is 14. The Morgan fingerprint density at radius 2 is 1.51 bits per heavy atom. The Morgan fingerprint density at radius 1 is 0.892 bits per heavy atom. The first-order chi connectivity index (χ1) is 17.8.